The molecule has 0 bridgehead atoms. The number of amides is 2. The highest BCUT2D eigenvalue weighted by Crippen LogP contribution is 2.37. The van der Waals surface area contributed by atoms with Crippen LogP contribution in [0.5, 0.6) is 5.75 Å². The van der Waals surface area contributed by atoms with Crippen molar-refractivity contribution in [3.05, 3.63) is 101 Å². The Morgan fingerprint density at radius 2 is 1.59 bits per heavy atom. The lowest BCUT2D eigenvalue weighted by Crippen LogP contribution is -2.54. The van der Waals surface area contributed by atoms with Crippen molar-refractivity contribution >= 4 is 12.0 Å². The van der Waals surface area contributed by atoms with Crippen LogP contribution in [-0.4, -0.2) is 79.6 Å². The number of rotatable bonds is 12. The highest BCUT2D eigenvalue weighted by Gasteiger charge is 2.53. The number of alkyl halides is 3. The summed E-state index contributed by atoms with van der Waals surface area (Å²) in [5.74, 6) is -1.62. The molecule has 1 aliphatic heterocycles. The number of halogens is 4. The van der Waals surface area contributed by atoms with Crippen LogP contribution in [0.4, 0.5) is 22.4 Å². The number of ether oxygens (including phenoxy) is 4. The lowest BCUT2D eigenvalue weighted by Gasteiger charge is -2.37. The molecule has 3 aromatic rings. The van der Waals surface area contributed by atoms with E-state index < -0.39 is 36.3 Å². The molecule has 264 valence electrons. The number of hydrogen-bond donors (Lipinski definition) is 0. The van der Waals surface area contributed by atoms with Gasteiger partial charge in [-0.15, -0.1) is 0 Å². The van der Waals surface area contributed by atoms with Gasteiger partial charge >= 0.3 is 18.2 Å². The molecule has 5 rings (SSSR count). The third-order valence-corrected chi connectivity index (χ3v) is 9.40. The van der Waals surface area contributed by atoms with Crippen molar-refractivity contribution in [2.45, 2.75) is 81.6 Å². The fraction of sp³-hybridized carbons (Fsp3) is 0.459. The van der Waals surface area contributed by atoms with Crippen molar-refractivity contribution in [3.63, 3.8) is 0 Å². The molecule has 0 N–H and O–H groups in total. The second-order valence-electron chi connectivity index (χ2n) is 12.6. The molecule has 0 spiro atoms. The Bertz CT molecular complexity index is 1520. The number of carbonyl (C=O) groups excluding carboxylic acids is 2. The van der Waals surface area contributed by atoms with E-state index in [9.17, 15) is 27.2 Å². The Labute approximate surface area is 283 Å². The zero-order chi connectivity index (χ0) is 35.0. The van der Waals surface area contributed by atoms with E-state index in [0.29, 0.717) is 24.2 Å². The molecule has 2 aliphatic rings. The molecule has 0 radical (unpaired) electrons. The predicted octanol–water partition coefficient (Wildman–Crippen LogP) is 7.26. The average molecular weight is 687 g/mol. The number of hydrogen-bond acceptors (Lipinski definition) is 6. The van der Waals surface area contributed by atoms with Crippen LogP contribution in [0.2, 0.25) is 0 Å². The van der Waals surface area contributed by atoms with Crippen LogP contribution in [0.15, 0.2) is 78.9 Å². The summed E-state index contributed by atoms with van der Waals surface area (Å²) < 4.78 is 79.1. The molecule has 2 fully saturated rings. The minimum atomic E-state index is -5.16. The van der Waals surface area contributed by atoms with E-state index >= 15 is 0 Å². The van der Waals surface area contributed by atoms with Gasteiger partial charge in [0.1, 0.15) is 18.2 Å². The van der Waals surface area contributed by atoms with Gasteiger partial charge in [0, 0.05) is 13.7 Å². The highest BCUT2D eigenvalue weighted by atomic mass is 19.4. The van der Waals surface area contributed by atoms with Gasteiger partial charge in [0.15, 0.2) is 0 Å². The van der Waals surface area contributed by atoms with Crippen molar-refractivity contribution in [1.29, 1.82) is 0 Å². The monoisotopic (exact) mass is 686 g/mol. The van der Waals surface area contributed by atoms with E-state index in [1.165, 1.54) is 25.2 Å². The summed E-state index contributed by atoms with van der Waals surface area (Å²) in [6.07, 6.45) is -3.33. The molecule has 0 aromatic heterocycles. The molecule has 1 saturated carbocycles. The summed E-state index contributed by atoms with van der Waals surface area (Å²) >= 11 is 0. The quantitative estimate of drug-likeness (QED) is 0.187. The van der Waals surface area contributed by atoms with Crippen LogP contribution in [0.1, 0.15) is 54.7 Å². The Morgan fingerprint density at radius 3 is 2.22 bits per heavy atom. The van der Waals surface area contributed by atoms with Crippen LogP contribution < -0.4 is 4.74 Å². The molecule has 1 aliphatic carbocycles. The molecule has 8 nitrogen and oxygen atoms in total. The zero-order valence-corrected chi connectivity index (χ0v) is 27.6. The van der Waals surface area contributed by atoms with Crippen molar-refractivity contribution in [3.8, 4) is 5.75 Å². The molecule has 3 atom stereocenters. The topological polar surface area (TPSA) is 77.5 Å². The molecule has 1 saturated heterocycles. The Hall–Kier alpha value is -4.16. The molecule has 12 heteroatoms. The standard InChI is InChI=1S/C37H42F4N2O6/c1-46-23-30-20-33(42(35(44)37(39,40)41)21-25-11-15-31(47-2)16-12-25)34(43(30)36(45)49-22-26-7-4-3-5-8-26)24-48-32-17-13-27(14-18-32)28-9-6-10-29(38)19-28/h3-12,15-16,19,27,30,32-34H,13-14,17-18,20-24H2,1-2H3/t27?,30-,32?,33-,34-/m0/s1. The lowest BCUT2D eigenvalue weighted by molar-refractivity contribution is -0.189. The first-order valence-electron chi connectivity index (χ1n) is 16.4. The lowest BCUT2D eigenvalue weighted by atomic mass is 9.82. The smallest absolute Gasteiger partial charge is 0.471 e. The van der Waals surface area contributed by atoms with E-state index in [1.54, 1.807) is 48.5 Å². The van der Waals surface area contributed by atoms with Gasteiger partial charge in [-0.1, -0.05) is 54.6 Å². The van der Waals surface area contributed by atoms with Crippen LogP contribution >= 0.6 is 0 Å². The molecule has 0 unspecified atom stereocenters. The summed E-state index contributed by atoms with van der Waals surface area (Å²) in [6, 6.07) is 19.3. The van der Waals surface area contributed by atoms with Gasteiger partial charge in [-0.2, -0.15) is 13.2 Å². The second kappa shape index (κ2) is 16.5. The van der Waals surface area contributed by atoms with E-state index in [4.69, 9.17) is 18.9 Å². The number of nitrogens with zero attached hydrogens (tertiary/aromatic N) is 2. The predicted molar refractivity (Wildman–Crippen MR) is 173 cm³/mol. The average Bonchev–Trinajstić information content (AvgIpc) is 3.46. The normalized spacial score (nSPS) is 22.5. The van der Waals surface area contributed by atoms with Gasteiger partial charge in [-0.25, -0.2) is 9.18 Å². The number of carbonyl (C=O) groups is 2. The largest absolute Gasteiger partial charge is 0.497 e. The Balaban J connectivity index is 1.40. The number of benzene rings is 3. The molecule has 3 aromatic carbocycles. The van der Waals surface area contributed by atoms with Crippen LogP contribution in [-0.2, 0) is 32.2 Å². The van der Waals surface area contributed by atoms with Gasteiger partial charge in [0.05, 0.1) is 44.6 Å². The number of methoxy groups -OCH3 is 2. The molecule has 1 heterocycles. The van der Waals surface area contributed by atoms with Crippen molar-refractivity contribution in [1.82, 2.24) is 9.80 Å². The van der Waals surface area contributed by atoms with Crippen LogP contribution in [0.3, 0.4) is 0 Å². The Kier molecular flexibility index (Phi) is 12.2. The molecule has 49 heavy (non-hydrogen) atoms. The fourth-order valence-electron chi connectivity index (χ4n) is 6.94. The van der Waals surface area contributed by atoms with E-state index in [2.05, 4.69) is 0 Å². The SMILES string of the molecule is COC[C@@H]1C[C@H](N(Cc2ccc(OC)cc2)C(=O)C(F)(F)F)[C@H](COC2CCC(c3cccc(F)c3)CC2)N1C(=O)OCc1ccccc1. The van der Waals surface area contributed by atoms with Gasteiger partial charge < -0.3 is 23.8 Å². The maximum absolute atomic E-state index is 14.2. The molecular weight excluding hydrogens is 644 g/mol. The summed E-state index contributed by atoms with van der Waals surface area (Å²) in [6.45, 7) is -0.502. The second-order valence-corrected chi connectivity index (χ2v) is 12.6. The van der Waals surface area contributed by atoms with Crippen molar-refractivity contribution in [2.24, 2.45) is 0 Å². The molecule has 2 amide bonds. The summed E-state index contributed by atoms with van der Waals surface area (Å²) in [4.78, 5) is 29.1. The van der Waals surface area contributed by atoms with E-state index in [1.807, 2.05) is 24.3 Å². The van der Waals surface area contributed by atoms with E-state index in [-0.39, 0.29) is 50.6 Å². The van der Waals surface area contributed by atoms with Gasteiger partial charge in [-0.05, 0) is 79.0 Å². The Morgan fingerprint density at radius 1 is 0.878 bits per heavy atom. The van der Waals surface area contributed by atoms with Gasteiger partial charge in [-0.3, -0.25) is 9.69 Å². The first kappa shape index (κ1) is 36.1. The third-order valence-electron chi connectivity index (χ3n) is 9.40. The summed E-state index contributed by atoms with van der Waals surface area (Å²) in [7, 11) is 2.92. The summed E-state index contributed by atoms with van der Waals surface area (Å²) in [5, 5.41) is 0. The zero-order valence-electron chi connectivity index (χ0n) is 27.6. The third kappa shape index (κ3) is 9.30. The van der Waals surface area contributed by atoms with Gasteiger partial charge in [0.2, 0.25) is 0 Å². The van der Waals surface area contributed by atoms with E-state index in [0.717, 1.165) is 28.9 Å². The van der Waals surface area contributed by atoms with Crippen molar-refractivity contribution < 1.29 is 46.1 Å². The maximum atomic E-state index is 14.2. The summed E-state index contributed by atoms with van der Waals surface area (Å²) in [5.41, 5.74) is 2.12. The fourth-order valence-corrected chi connectivity index (χ4v) is 6.94. The minimum Gasteiger partial charge on any atom is -0.497 e. The van der Waals surface area contributed by atoms with Gasteiger partial charge in [0.25, 0.3) is 0 Å². The van der Waals surface area contributed by atoms with Crippen LogP contribution in [0.25, 0.3) is 0 Å². The van der Waals surface area contributed by atoms with Crippen LogP contribution in [0, 0.1) is 5.82 Å². The van der Waals surface area contributed by atoms with Crippen molar-refractivity contribution in [2.75, 3.05) is 27.4 Å². The number of likely N-dealkylation sites (tertiary alicyclic amines) is 1. The first-order chi connectivity index (χ1) is 23.6. The highest BCUT2D eigenvalue weighted by molar-refractivity contribution is 5.82. The maximum Gasteiger partial charge on any atom is 0.471 e. The molecular formula is C37H42F4N2O6. The first-order valence-corrected chi connectivity index (χ1v) is 16.4. The minimum absolute atomic E-state index is 0.0166.